The molecule has 0 spiro atoms. The van der Waals surface area contributed by atoms with Crippen LogP contribution in [0.4, 0.5) is 0 Å². The monoisotopic (exact) mass is 327 g/mol. The minimum absolute atomic E-state index is 0.0245. The Bertz CT molecular complexity index is 362. The van der Waals surface area contributed by atoms with Gasteiger partial charge >= 0.3 is 0 Å². The smallest absolute Gasteiger partial charge is 0.221 e. The average Bonchev–Trinajstić information content (AvgIpc) is 2.56. The molecule has 1 aliphatic heterocycles. The molecule has 0 bridgehead atoms. The topological polar surface area (TPSA) is 92.0 Å². The molecule has 1 heterocycles. The van der Waals surface area contributed by atoms with Crippen LogP contribution in [0.5, 0.6) is 0 Å². The number of carbonyl (C=O) groups excluding carboxylic acids is 1. The molecule has 1 atom stereocenters. The summed E-state index contributed by atoms with van der Waals surface area (Å²) in [6.45, 7) is 8.11. The van der Waals surface area contributed by atoms with Gasteiger partial charge < -0.3 is 26.0 Å². The number of piperidine rings is 1. The number of hydrogen-bond donors (Lipinski definition) is 3. The second kappa shape index (κ2) is 12.1. The summed E-state index contributed by atoms with van der Waals surface area (Å²) in [4.78, 5) is 17.8. The van der Waals surface area contributed by atoms with Gasteiger partial charge in [-0.15, -0.1) is 0 Å². The molecule has 23 heavy (non-hydrogen) atoms. The van der Waals surface area contributed by atoms with Gasteiger partial charge in [0.1, 0.15) is 0 Å². The molecule has 0 aromatic rings. The number of likely N-dealkylation sites (tertiary alicyclic amines) is 1. The zero-order valence-electron chi connectivity index (χ0n) is 14.6. The van der Waals surface area contributed by atoms with Crippen LogP contribution in [0.25, 0.3) is 0 Å². The number of nitrogens with one attached hydrogen (secondary N) is 2. The van der Waals surface area contributed by atoms with E-state index in [9.17, 15) is 4.79 Å². The van der Waals surface area contributed by atoms with Gasteiger partial charge in [-0.2, -0.15) is 0 Å². The van der Waals surface area contributed by atoms with E-state index in [1.807, 2.05) is 6.92 Å². The minimum atomic E-state index is -0.163. The summed E-state index contributed by atoms with van der Waals surface area (Å²) in [5.41, 5.74) is 5.41. The number of nitrogens with zero attached hydrogens (tertiary/aromatic N) is 2. The van der Waals surface area contributed by atoms with Crippen LogP contribution < -0.4 is 16.4 Å². The molecule has 1 saturated heterocycles. The van der Waals surface area contributed by atoms with Crippen molar-refractivity contribution in [1.29, 1.82) is 0 Å². The fourth-order valence-electron chi connectivity index (χ4n) is 2.75. The number of primary amides is 1. The van der Waals surface area contributed by atoms with Gasteiger partial charge in [0.2, 0.25) is 5.91 Å². The molecular weight excluding hydrogens is 294 g/mol. The summed E-state index contributed by atoms with van der Waals surface area (Å²) < 4.78 is 5.30. The minimum Gasteiger partial charge on any atom is -0.382 e. The summed E-state index contributed by atoms with van der Waals surface area (Å²) >= 11 is 0. The van der Waals surface area contributed by atoms with Crippen LogP contribution in [0.3, 0.4) is 0 Å². The lowest BCUT2D eigenvalue weighted by Crippen LogP contribution is -2.43. The molecule has 1 fully saturated rings. The van der Waals surface area contributed by atoms with Gasteiger partial charge in [0.25, 0.3) is 0 Å². The Balaban J connectivity index is 2.09. The van der Waals surface area contributed by atoms with Crippen molar-refractivity contribution in [3.63, 3.8) is 0 Å². The largest absolute Gasteiger partial charge is 0.382 e. The maximum Gasteiger partial charge on any atom is 0.221 e. The first-order chi connectivity index (χ1) is 11.2. The van der Waals surface area contributed by atoms with Crippen LogP contribution in [0, 0.1) is 5.92 Å². The van der Waals surface area contributed by atoms with E-state index in [0.29, 0.717) is 0 Å². The van der Waals surface area contributed by atoms with E-state index in [-0.39, 0.29) is 11.8 Å². The Kier molecular flexibility index (Phi) is 10.4. The Morgan fingerprint density at radius 1 is 1.35 bits per heavy atom. The van der Waals surface area contributed by atoms with Crippen molar-refractivity contribution >= 4 is 11.9 Å². The van der Waals surface area contributed by atoms with Gasteiger partial charge in [0, 0.05) is 39.9 Å². The van der Waals surface area contributed by atoms with Crippen LogP contribution >= 0.6 is 0 Å². The van der Waals surface area contributed by atoms with Gasteiger partial charge in [-0.25, -0.2) is 0 Å². The van der Waals surface area contributed by atoms with E-state index in [0.717, 1.165) is 77.6 Å². The Morgan fingerprint density at radius 3 is 2.74 bits per heavy atom. The highest BCUT2D eigenvalue weighted by Crippen LogP contribution is 2.15. The summed E-state index contributed by atoms with van der Waals surface area (Å²) in [7, 11) is 1.78. The molecule has 7 nitrogen and oxygen atoms in total. The lowest BCUT2D eigenvalue weighted by molar-refractivity contribution is -0.123. The molecule has 0 aromatic carbocycles. The number of carbonyl (C=O) groups is 1. The molecule has 1 aliphatic rings. The van der Waals surface area contributed by atoms with Crippen molar-refractivity contribution in [2.45, 2.75) is 32.6 Å². The molecule has 0 radical (unpaired) electrons. The summed E-state index contributed by atoms with van der Waals surface area (Å²) in [6.07, 6.45) is 3.98. The van der Waals surface area contributed by atoms with Crippen LogP contribution in [0.1, 0.15) is 32.6 Å². The number of aliphatic imine (C=N–C) groups is 1. The number of amides is 1. The zero-order valence-corrected chi connectivity index (χ0v) is 14.6. The molecule has 0 saturated carbocycles. The van der Waals surface area contributed by atoms with E-state index in [1.54, 1.807) is 7.05 Å². The predicted molar refractivity (Wildman–Crippen MR) is 93.4 cm³/mol. The maximum atomic E-state index is 11.3. The number of ether oxygens (including phenoxy) is 1. The molecule has 0 aliphatic carbocycles. The van der Waals surface area contributed by atoms with E-state index in [1.165, 1.54) is 0 Å². The fourth-order valence-corrected chi connectivity index (χ4v) is 2.75. The second-order valence-corrected chi connectivity index (χ2v) is 5.87. The number of rotatable bonds is 10. The Labute approximate surface area is 140 Å². The molecule has 7 heteroatoms. The highest BCUT2D eigenvalue weighted by molar-refractivity contribution is 5.79. The molecule has 134 valence electrons. The van der Waals surface area contributed by atoms with Gasteiger partial charge in [0.05, 0.1) is 5.92 Å². The third-order valence-electron chi connectivity index (χ3n) is 4.04. The van der Waals surface area contributed by atoms with E-state index in [4.69, 9.17) is 10.5 Å². The lowest BCUT2D eigenvalue weighted by Gasteiger charge is -2.31. The first kappa shape index (κ1) is 19.7. The van der Waals surface area contributed by atoms with E-state index < -0.39 is 0 Å². The van der Waals surface area contributed by atoms with E-state index in [2.05, 4.69) is 20.5 Å². The van der Waals surface area contributed by atoms with Crippen molar-refractivity contribution in [2.24, 2.45) is 16.6 Å². The summed E-state index contributed by atoms with van der Waals surface area (Å²) in [5.74, 6) is 0.691. The molecule has 1 amide bonds. The third kappa shape index (κ3) is 8.76. The lowest BCUT2D eigenvalue weighted by atomic mass is 9.97. The van der Waals surface area contributed by atoms with Crippen LogP contribution in [-0.4, -0.2) is 69.8 Å². The first-order valence-corrected chi connectivity index (χ1v) is 8.71. The summed E-state index contributed by atoms with van der Waals surface area (Å²) in [5, 5.41) is 6.59. The quantitative estimate of drug-likeness (QED) is 0.302. The van der Waals surface area contributed by atoms with Crippen LogP contribution in [0.2, 0.25) is 0 Å². The van der Waals surface area contributed by atoms with Crippen LogP contribution in [-0.2, 0) is 9.53 Å². The number of hydrogen-bond acceptors (Lipinski definition) is 4. The SMILES string of the molecule is CCOCCCNC(=NC)NCCCN1CCCC(C(N)=O)C1. The highest BCUT2D eigenvalue weighted by atomic mass is 16.5. The van der Waals surface area contributed by atoms with Crippen LogP contribution in [0.15, 0.2) is 4.99 Å². The second-order valence-electron chi connectivity index (χ2n) is 5.87. The van der Waals surface area contributed by atoms with Crippen molar-refractivity contribution < 1.29 is 9.53 Å². The van der Waals surface area contributed by atoms with Crippen molar-refractivity contribution in [3.8, 4) is 0 Å². The maximum absolute atomic E-state index is 11.3. The molecule has 0 aromatic heterocycles. The average molecular weight is 327 g/mol. The molecule has 1 rings (SSSR count). The van der Waals surface area contributed by atoms with Crippen molar-refractivity contribution in [2.75, 3.05) is 53.0 Å². The molecule has 1 unspecified atom stereocenters. The normalized spacial score (nSPS) is 19.6. The van der Waals surface area contributed by atoms with Gasteiger partial charge in [-0.1, -0.05) is 0 Å². The first-order valence-electron chi connectivity index (χ1n) is 8.71. The van der Waals surface area contributed by atoms with Gasteiger partial charge in [-0.05, 0) is 45.7 Å². The van der Waals surface area contributed by atoms with Gasteiger partial charge in [0.15, 0.2) is 5.96 Å². The number of nitrogens with two attached hydrogens (primary N) is 1. The van der Waals surface area contributed by atoms with Gasteiger partial charge in [-0.3, -0.25) is 9.79 Å². The van der Waals surface area contributed by atoms with E-state index >= 15 is 0 Å². The van der Waals surface area contributed by atoms with Crippen molar-refractivity contribution in [1.82, 2.24) is 15.5 Å². The molecule has 4 N–H and O–H groups in total. The third-order valence-corrected chi connectivity index (χ3v) is 4.04. The molecular formula is C16H33N5O2. The fraction of sp³-hybridized carbons (Fsp3) is 0.875. The summed E-state index contributed by atoms with van der Waals surface area (Å²) in [6, 6.07) is 0. The highest BCUT2D eigenvalue weighted by Gasteiger charge is 2.23. The Hall–Kier alpha value is -1.34. The van der Waals surface area contributed by atoms with Crippen molar-refractivity contribution in [3.05, 3.63) is 0 Å². The standard InChI is InChI=1S/C16H33N5O2/c1-3-23-12-6-9-20-16(18-2)19-8-5-11-21-10-4-7-14(13-21)15(17)22/h14H,3-13H2,1-2H3,(H2,17,22)(H2,18,19,20). The number of guanidine groups is 1. The Morgan fingerprint density at radius 2 is 2.09 bits per heavy atom. The zero-order chi connectivity index (χ0) is 16.9. The predicted octanol–water partition coefficient (Wildman–Crippen LogP) is 0.165.